The van der Waals surface area contributed by atoms with E-state index in [0.717, 1.165) is 23.7 Å². The zero-order valence-corrected chi connectivity index (χ0v) is 14.0. The second kappa shape index (κ2) is 6.92. The molecule has 5 heteroatoms. The van der Waals surface area contributed by atoms with Gasteiger partial charge < -0.3 is 4.90 Å². The second-order valence-corrected chi connectivity index (χ2v) is 7.61. The molecule has 0 aliphatic carbocycles. The summed E-state index contributed by atoms with van der Waals surface area (Å²) in [6.45, 7) is 5.57. The van der Waals surface area contributed by atoms with Crippen LogP contribution in [0.2, 0.25) is 4.34 Å². The van der Waals surface area contributed by atoms with Crippen molar-refractivity contribution in [3.63, 3.8) is 0 Å². The van der Waals surface area contributed by atoms with E-state index >= 15 is 0 Å². The summed E-state index contributed by atoms with van der Waals surface area (Å²) in [6, 6.07) is 4.68. The molecule has 2 rings (SSSR count). The van der Waals surface area contributed by atoms with Crippen LogP contribution in [0.1, 0.15) is 38.0 Å². The van der Waals surface area contributed by atoms with Gasteiger partial charge in [-0.1, -0.05) is 11.6 Å². The van der Waals surface area contributed by atoms with Gasteiger partial charge in [0.15, 0.2) is 0 Å². The zero-order chi connectivity index (χ0) is 14.7. The fourth-order valence-corrected chi connectivity index (χ4v) is 4.15. The predicted molar refractivity (Wildman–Crippen MR) is 85.3 cm³/mol. The minimum absolute atomic E-state index is 0.245. The van der Waals surface area contributed by atoms with E-state index in [0.29, 0.717) is 18.6 Å². The lowest BCUT2D eigenvalue weighted by Gasteiger charge is -2.39. The van der Waals surface area contributed by atoms with E-state index < -0.39 is 0 Å². The fraction of sp³-hybridized carbons (Fsp3) is 0.667. The highest BCUT2D eigenvalue weighted by Gasteiger charge is 2.29. The molecular weight excluding hydrogens is 292 g/mol. The van der Waals surface area contributed by atoms with E-state index in [9.17, 15) is 4.79 Å². The van der Waals surface area contributed by atoms with Crippen molar-refractivity contribution in [3.05, 3.63) is 21.3 Å². The van der Waals surface area contributed by atoms with Gasteiger partial charge in [0, 0.05) is 23.5 Å². The van der Waals surface area contributed by atoms with E-state index in [4.69, 9.17) is 11.6 Å². The summed E-state index contributed by atoms with van der Waals surface area (Å²) >= 11 is 7.51. The lowest BCUT2D eigenvalue weighted by molar-refractivity contribution is -0.138. The first-order valence-corrected chi connectivity index (χ1v) is 8.40. The molecular formula is C15H23ClN2OS. The molecule has 1 aliphatic heterocycles. The van der Waals surface area contributed by atoms with Crippen LogP contribution >= 0.6 is 22.9 Å². The SMILES string of the molecule is CC1CCCC(C)N1C(=O)CN(C)Cc1ccc(Cl)s1. The Labute approximate surface area is 130 Å². The van der Waals surface area contributed by atoms with Crippen molar-refractivity contribution in [1.29, 1.82) is 0 Å². The number of thiophene rings is 1. The molecule has 1 fully saturated rings. The van der Waals surface area contributed by atoms with Gasteiger partial charge in [-0.3, -0.25) is 9.69 Å². The lowest BCUT2D eigenvalue weighted by atomic mass is 9.97. The maximum Gasteiger partial charge on any atom is 0.237 e. The summed E-state index contributed by atoms with van der Waals surface area (Å²) in [5, 5.41) is 0. The maximum absolute atomic E-state index is 12.5. The Kier molecular flexibility index (Phi) is 5.47. The molecule has 2 heterocycles. The standard InChI is InChI=1S/C15H23ClN2OS/c1-11-5-4-6-12(2)18(11)15(19)10-17(3)9-13-7-8-14(16)20-13/h7-8,11-12H,4-6,9-10H2,1-3H3. The Morgan fingerprint density at radius 2 is 2.05 bits per heavy atom. The molecule has 0 aromatic carbocycles. The highest BCUT2D eigenvalue weighted by atomic mass is 35.5. The number of likely N-dealkylation sites (tertiary alicyclic amines) is 1. The molecule has 2 atom stereocenters. The molecule has 1 saturated heterocycles. The van der Waals surface area contributed by atoms with Crippen molar-refractivity contribution in [1.82, 2.24) is 9.80 Å². The van der Waals surface area contributed by atoms with Crippen LogP contribution < -0.4 is 0 Å². The Bertz CT molecular complexity index is 452. The molecule has 112 valence electrons. The lowest BCUT2D eigenvalue weighted by Crippen LogP contribution is -2.50. The second-order valence-electron chi connectivity index (χ2n) is 5.81. The number of piperidine rings is 1. The first kappa shape index (κ1) is 15.8. The third-order valence-corrected chi connectivity index (χ3v) is 5.16. The highest BCUT2D eigenvalue weighted by molar-refractivity contribution is 7.16. The van der Waals surface area contributed by atoms with Gasteiger partial charge in [0.25, 0.3) is 0 Å². The molecule has 1 aromatic heterocycles. The van der Waals surface area contributed by atoms with Gasteiger partial charge in [-0.25, -0.2) is 0 Å². The zero-order valence-electron chi connectivity index (χ0n) is 12.4. The van der Waals surface area contributed by atoms with Crippen LogP contribution in [0.5, 0.6) is 0 Å². The summed E-state index contributed by atoms with van der Waals surface area (Å²) in [5.74, 6) is 0.245. The first-order valence-electron chi connectivity index (χ1n) is 7.21. The number of carbonyl (C=O) groups is 1. The van der Waals surface area contributed by atoms with Gasteiger partial charge in [0.1, 0.15) is 0 Å². The van der Waals surface area contributed by atoms with Crippen LogP contribution in [0.4, 0.5) is 0 Å². The van der Waals surface area contributed by atoms with Crippen molar-refractivity contribution < 1.29 is 4.79 Å². The van der Waals surface area contributed by atoms with Crippen LogP contribution in [0.15, 0.2) is 12.1 Å². The number of amides is 1. The van der Waals surface area contributed by atoms with Gasteiger partial charge in [-0.2, -0.15) is 0 Å². The summed E-state index contributed by atoms with van der Waals surface area (Å²) < 4.78 is 0.804. The number of halogens is 1. The Morgan fingerprint density at radius 3 is 2.60 bits per heavy atom. The summed E-state index contributed by atoms with van der Waals surface area (Å²) in [7, 11) is 1.99. The summed E-state index contributed by atoms with van der Waals surface area (Å²) in [6.07, 6.45) is 3.48. The van der Waals surface area contributed by atoms with E-state index in [-0.39, 0.29) is 5.91 Å². The number of hydrogen-bond donors (Lipinski definition) is 0. The molecule has 1 aromatic rings. The van der Waals surface area contributed by atoms with Crippen molar-refractivity contribution in [2.45, 2.75) is 51.7 Å². The average molecular weight is 315 g/mol. The van der Waals surface area contributed by atoms with Gasteiger partial charge in [0.05, 0.1) is 10.9 Å². The quantitative estimate of drug-likeness (QED) is 0.847. The van der Waals surface area contributed by atoms with Gasteiger partial charge in [-0.15, -0.1) is 11.3 Å². The third-order valence-electron chi connectivity index (χ3n) is 3.94. The average Bonchev–Trinajstić information content (AvgIpc) is 2.74. The fourth-order valence-electron chi connectivity index (χ4n) is 2.98. The van der Waals surface area contributed by atoms with Crippen LogP contribution in [0, 0.1) is 0 Å². The number of nitrogens with zero attached hydrogens (tertiary/aromatic N) is 2. The van der Waals surface area contributed by atoms with Crippen LogP contribution in [-0.4, -0.2) is 41.4 Å². The number of hydrogen-bond acceptors (Lipinski definition) is 3. The molecule has 0 spiro atoms. The molecule has 0 N–H and O–H groups in total. The topological polar surface area (TPSA) is 23.6 Å². The monoisotopic (exact) mass is 314 g/mol. The number of rotatable bonds is 4. The molecule has 3 nitrogen and oxygen atoms in total. The predicted octanol–water partition coefficient (Wildman–Crippen LogP) is 3.62. The minimum Gasteiger partial charge on any atom is -0.336 e. The Morgan fingerprint density at radius 1 is 1.40 bits per heavy atom. The third kappa shape index (κ3) is 3.96. The van der Waals surface area contributed by atoms with Gasteiger partial charge in [-0.05, 0) is 52.3 Å². The highest BCUT2D eigenvalue weighted by Crippen LogP contribution is 2.24. The van der Waals surface area contributed by atoms with Crippen molar-refractivity contribution in [2.24, 2.45) is 0 Å². The van der Waals surface area contributed by atoms with Gasteiger partial charge in [0.2, 0.25) is 5.91 Å². The van der Waals surface area contributed by atoms with E-state index in [1.165, 1.54) is 11.3 Å². The Hall–Kier alpha value is -0.580. The normalized spacial score (nSPS) is 23.4. The maximum atomic E-state index is 12.5. The molecule has 0 saturated carbocycles. The Balaban J connectivity index is 1.89. The number of likely N-dealkylation sites (N-methyl/N-ethyl adjacent to an activating group) is 1. The number of carbonyl (C=O) groups excluding carboxylic acids is 1. The van der Waals surface area contributed by atoms with Crippen molar-refractivity contribution in [3.8, 4) is 0 Å². The van der Waals surface area contributed by atoms with E-state index in [2.05, 4.69) is 23.6 Å². The van der Waals surface area contributed by atoms with E-state index in [1.54, 1.807) is 11.3 Å². The minimum atomic E-state index is 0.245. The summed E-state index contributed by atoms with van der Waals surface area (Å²) in [4.78, 5) is 17.8. The van der Waals surface area contributed by atoms with Crippen LogP contribution in [0.25, 0.3) is 0 Å². The van der Waals surface area contributed by atoms with Crippen LogP contribution in [-0.2, 0) is 11.3 Å². The van der Waals surface area contributed by atoms with Gasteiger partial charge >= 0.3 is 0 Å². The molecule has 2 unspecified atom stereocenters. The largest absolute Gasteiger partial charge is 0.336 e. The first-order chi connectivity index (χ1) is 9.47. The summed E-state index contributed by atoms with van der Waals surface area (Å²) in [5.41, 5.74) is 0. The molecule has 20 heavy (non-hydrogen) atoms. The smallest absolute Gasteiger partial charge is 0.237 e. The molecule has 1 amide bonds. The molecule has 0 bridgehead atoms. The molecule has 0 radical (unpaired) electrons. The molecule has 1 aliphatic rings. The van der Waals surface area contributed by atoms with Crippen molar-refractivity contribution >= 4 is 28.8 Å². The van der Waals surface area contributed by atoms with E-state index in [1.807, 2.05) is 19.2 Å². The van der Waals surface area contributed by atoms with Crippen molar-refractivity contribution in [2.75, 3.05) is 13.6 Å². The van der Waals surface area contributed by atoms with Crippen LogP contribution in [0.3, 0.4) is 0 Å².